The first-order chi connectivity index (χ1) is 14.2. The van der Waals surface area contributed by atoms with Crippen molar-refractivity contribution in [1.29, 1.82) is 0 Å². The summed E-state index contributed by atoms with van der Waals surface area (Å²) in [6.07, 6.45) is 0. The summed E-state index contributed by atoms with van der Waals surface area (Å²) in [5.74, 6) is -0.386. The minimum atomic E-state index is -3.85. The zero-order chi connectivity index (χ0) is 21.7. The fraction of sp³-hybridized carbons (Fsp3) is 0.208. The summed E-state index contributed by atoms with van der Waals surface area (Å²) in [5, 5.41) is 2.80. The number of aryl methyl sites for hydroxylation is 3. The van der Waals surface area contributed by atoms with Crippen LogP contribution < -0.4 is 5.32 Å². The summed E-state index contributed by atoms with van der Waals surface area (Å²) >= 11 is 0. The van der Waals surface area contributed by atoms with Crippen molar-refractivity contribution in [3.8, 4) is 0 Å². The molecule has 0 atom stereocenters. The van der Waals surface area contributed by atoms with Crippen molar-refractivity contribution in [2.75, 3.05) is 11.9 Å². The van der Waals surface area contributed by atoms with Gasteiger partial charge in [0.1, 0.15) is 0 Å². The van der Waals surface area contributed by atoms with E-state index in [1.807, 2.05) is 63.2 Å². The quantitative estimate of drug-likeness (QED) is 0.612. The summed E-state index contributed by atoms with van der Waals surface area (Å²) in [7, 11) is -3.85. The molecule has 5 nitrogen and oxygen atoms in total. The number of anilines is 1. The lowest BCUT2D eigenvalue weighted by Gasteiger charge is -2.22. The molecule has 0 radical (unpaired) electrons. The Balaban J connectivity index is 1.87. The first kappa shape index (κ1) is 21.7. The molecule has 0 fully saturated rings. The van der Waals surface area contributed by atoms with E-state index < -0.39 is 10.0 Å². The smallest absolute Gasteiger partial charge is 0.243 e. The first-order valence-electron chi connectivity index (χ1n) is 9.73. The predicted octanol–water partition coefficient (Wildman–Crippen LogP) is 4.44. The van der Waals surface area contributed by atoms with Gasteiger partial charge in [-0.05, 0) is 56.2 Å². The summed E-state index contributed by atoms with van der Waals surface area (Å²) in [6, 6.07) is 21.7. The van der Waals surface area contributed by atoms with Crippen molar-refractivity contribution in [3.05, 3.63) is 95.1 Å². The molecule has 0 saturated heterocycles. The third-order valence-electron chi connectivity index (χ3n) is 4.76. The van der Waals surface area contributed by atoms with Gasteiger partial charge in [0.25, 0.3) is 0 Å². The fourth-order valence-electron chi connectivity index (χ4n) is 3.07. The van der Waals surface area contributed by atoms with Crippen LogP contribution in [0.25, 0.3) is 0 Å². The van der Waals surface area contributed by atoms with E-state index in [9.17, 15) is 13.2 Å². The third kappa shape index (κ3) is 5.55. The van der Waals surface area contributed by atoms with E-state index >= 15 is 0 Å². The van der Waals surface area contributed by atoms with Gasteiger partial charge < -0.3 is 5.32 Å². The summed E-state index contributed by atoms with van der Waals surface area (Å²) in [6.45, 7) is 5.63. The second-order valence-electron chi connectivity index (χ2n) is 7.49. The van der Waals surface area contributed by atoms with Crippen LogP contribution in [0.1, 0.15) is 22.3 Å². The number of benzene rings is 3. The number of nitrogens with zero attached hydrogens (tertiary/aromatic N) is 1. The maximum absolute atomic E-state index is 13.3. The van der Waals surface area contributed by atoms with Gasteiger partial charge in [0.15, 0.2) is 0 Å². The van der Waals surface area contributed by atoms with E-state index in [-0.39, 0.29) is 23.9 Å². The fourth-order valence-corrected chi connectivity index (χ4v) is 4.45. The van der Waals surface area contributed by atoms with E-state index in [4.69, 9.17) is 0 Å². The van der Waals surface area contributed by atoms with E-state index in [2.05, 4.69) is 5.32 Å². The highest BCUT2D eigenvalue weighted by Crippen LogP contribution is 2.20. The molecule has 3 aromatic rings. The summed E-state index contributed by atoms with van der Waals surface area (Å²) < 4.78 is 27.8. The molecule has 0 aliphatic carbocycles. The standard InChI is InChI=1S/C24H26N2O3S/c1-18-7-11-21(12-8-18)16-26(30(28,29)23-13-9-19(2)10-14-23)17-24(27)25-22-6-4-5-20(3)15-22/h4-15H,16-17H2,1-3H3,(H,25,27). The van der Waals surface area contributed by atoms with Gasteiger partial charge in [0, 0.05) is 12.2 Å². The van der Waals surface area contributed by atoms with Gasteiger partial charge in [0.2, 0.25) is 15.9 Å². The van der Waals surface area contributed by atoms with E-state index in [0.717, 1.165) is 22.3 Å². The molecule has 0 bridgehead atoms. The lowest BCUT2D eigenvalue weighted by Crippen LogP contribution is -2.37. The molecule has 0 spiro atoms. The number of carbonyl (C=O) groups is 1. The molecule has 1 amide bonds. The largest absolute Gasteiger partial charge is 0.325 e. The van der Waals surface area contributed by atoms with Gasteiger partial charge in [-0.1, -0.05) is 59.7 Å². The van der Waals surface area contributed by atoms with E-state index in [1.54, 1.807) is 30.3 Å². The Bertz CT molecular complexity index is 1120. The zero-order valence-corrected chi connectivity index (χ0v) is 18.2. The molecule has 0 heterocycles. The van der Waals surface area contributed by atoms with Crippen LogP contribution in [0.4, 0.5) is 5.69 Å². The van der Waals surface area contributed by atoms with Crippen LogP contribution in [0.15, 0.2) is 77.7 Å². The molecule has 0 aromatic heterocycles. The van der Waals surface area contributed by atoms with Gasteiger partial charge in [-0.2, -0.15) is 4.31 Å². The number of amides is 1. The zero-order valence-electron chi connectivity index (χ0n) is 17.4. The van der Waals surface area contributed by atoms with Crippen molar-refractivity contribution >= 4 is 21.6 Å². The molecule has 3 rings (SSSR count). The van der Waals surface area contributed by atoms with Crippen LogP contribution in [0.2, 0.25) is 0 Å². The predicted molar refractivity (Wildman–Crippen MR) is 120 cm³/mol. The van der Waals surface area contributed by atoms with Crippen LogP contribution >= 0.6 is 0 Å². The monoisotopic (exact) mass is 422 g/mol. The van der Waals surface area contributed by atoms with Gasteiger partial charge in [-0.3, -0.25) is 4.79 Å². The molecular weight excluding hydrogens is 396 g/mol. The Morgan fingerprint density at radius 3 is 2.03 bits per heavy atom. The average molecular weight is 423 g/mol. The molecule has 0 saturated carbocycles. The number of hydrogen-bond donors (Lipinski definition) is 1. The molecule has 0 aliphatic rings. The van der Waals surface area contributed by atoms with Gasteiger partial charge in [-0.25, -0.2) is 8.42 Å². The van der Waals surface area contributed by atoms with Crippen molar-refractivity contribution < 1.29 is 13.2 Å². The Hall–Kier alpha value is -2.96. The van der Waals surface area contributed by atoms with E-state index in [1.165, 1.54) is 4.31 Å². The van der Waals surface area contributed by atoms with E-state index in [0.29, 0.717) is 5.69 Å². The maximum atomic E-state index is 13.3. The first-order valence-corrected chi connectivity index (χ1v) is 11.2. The highest BCUT2D eigenvalue weighted by Gasteiger charge is 2.27. The maximum Gasteiger partial charge on any atom is 0.243 e. The molecule has 0 unspecified atom stereocenters. The summed E-state index contributed by atoms with van der Waals surface area (Å²) in [4.78, 5) is 12.9. The van der Waals surface area contributed by atoms with Gasteiger partial charge in [0.05, 0.1) is 11.4 Å². The minimum Gasteiger partial charge on any atom is -0.325 e. The lowest BCUT2D eigenvalue weighted by molar-refractivity contribution is -0.116. The van der Waals surface area contributed by atoms with Crippen molar-refractivity contribution in [2.45, 2.75) is 32.2 Å². The number of nitrogens with one attached hydrogen (secondary N) is 1. The van der Waals surface area contributed by atoms with Crippen molar-refractivity contribution in [2.24, 2.45) is 0 Å². The highest BCUT2D eigenvalue weighted by molar-refractivity contribution is 7.89. The minimum absolute atomic E-state index is 0.109. The summed E-state index contributed by atoms with van der Waals surface area (Å²) in [5.41, 5.74) is 4.53. The SMILES string of the molecule is Cc1ccc(CN(CC(=O)Nc2cccc(C)c2)S(=O)(=O)c2ccc(C)cc2)cc1. The van der Waals surface area contributed by atoms with Gasteiger partial charge >= 0.3 is 0 Å². The molecule has 6 heteroatoms. The average Bonchev–Trinajstić information content (AvgIpc) is 2.69. The Morgan fingerprint density at radius 2 is 1.43 bits per heavy atom. The molecule has 0 aliphatic heterocycles. The van der Waals surface area contributed by atoms with Crippen LogP contribution in [-0.4, -0.2) is 25.2 Å². The van der Waals surface area contributed by atoms with Crippen molar-refractivity contribution in [3.63, 3.8) is 0 Å². The third-order valence-corrected chi connectivity index (χ3v) is 6.57. The number of hydrogen-bond acceptors (Lipinski definition) is 3. The topological polar surface area (TPSA) is 66.5 Å². The second kappa shape index (κ2) is 9.24. The number of rotatable bonds is 7. The second-order valence-corrected chi connectivity index (χ2v) is 9.43. The van der Waals surface area contributed by atoms with Crippen LogP contribution in [0.5, 0.6) is 0 Å². The molecular formula is C24H26N2O3S. The van der Waals surface area contributed by atoms with Crippen LogP contribution in [0.3, 0.4) is 0 Å². The molecule has 3 aromatic carbocycles. The molecule has 156 valence electrons. The van der Waals surface area contributed by atoms with Gasteiger partial charge in [-0.15, -0.1) is 0 Å². The highest BCUT2D eigenvalue weighted by atomic mass is 32.2. The molecule has 1 N–H and O–H groups in total. The lowest BCUT2D eigenvalue weighted by atomic mass is 10.1. The Kier molecular flexibility index (Phi) is 6.70. The number of carbonyl (C=O) groups excluding carboxylic acids is 1. The van der Waals surface area contributed by atoms with Crippen molar-refractivity contribution in [1.82, 2.24) is 4.31 Å². The molecule has 30 heavy (non-hydrogen) atoms. The Labute approximate surface area is 178 Å². The number of sulfonamides is 1. The normalized spacial score (nSPS) is 11.5. The van der Waals surface area contributed by atoms with Crippen LogP contribution in [0, 0.1) is 20.8 Å². The Morgan fingerprint density at radius 1 is 0.833 bits per heavy atom. The van der Waals surface area contributed by atoms with Crippen LogP contribution in [-0.2, 0) is 21.4 Å².